The Morgan fingerprint density at radius 1 is 0.871 bits per heavy atom. The topological polar surface area (TPSA) is 92.3 Å². The number of carbonyl (C=O) groups excluding carboxylic acids is 2. The first kappa shape index (κ1) is 22.5. The van der Waals surface area contributed by atoms with E-state index >= 15 is 0 Å². The van der Waals surface area contributed by atoms with Crippen LogP contribution in [0.2, 0.25) is 0 Å². The lowest BCUT2D eigenvalue weighted by molar-refractivity contribution is -0.113. The maximum absolute atomic E-state index is 12.7. The first-order chi connectivity index (χ1) is 14.7. The van der Waals surface area contributed by atoms with E-state index < -0.39 is 15.7 Å². The van der Waals surface area contributed by atoms with E-state index in [9.17, 15) is 18.0 Å². The normalized spacial score (nSPS) is 11.0. The number of rotatable bonds is 7. The van der Waals surface area contributed by atoms with Crippen LogP contribution in [0.4, 0.5) is 11.4 Å². The Hall–Kier alpha value is -3.16. The standard InChI is InChI=1S/C23H21ClN2O4S/c1-31(29,30)15-19-8-7-18(13-21(19)26-22(27)14-24)23(28)25-20-11-9-17(10-12-20)16-5-3-2-4-6-16/h2-13H,14-15H2,1H3,(H,25,28)(H,26,27). The molecule has 0 atom stereocenters. The Labute approximate surface area is 186 Å². The van der Waals surface area contributed by atoms with Gasteiger partial charge >= 0.3 is 0 Å². The van der Waals surface area contributed by atoms with Crippen LogP contribution in [-0.4, -0.2) is 32.4 Å². The number of sulfone groups is 1. The molecule has 3 aromatic carbocycles. The van der Waals surface area contributed by atoms with Gasteiger partial charge in [0.15, 0.2) is 9.84 Å². The molecule has 0 unspecified atom stereocenters. The molecule has 0 fully saturated rings. The molecule has 0 bridgehead atoms. The number of carbonyl (C=O) groups is 2. The second-order valence-electron chi connectivity index (χ2n) is 7.02. The lowest BCUT2D eigenvalue weighted by Crippen LogP contribution is -2.17. The molecule has 160 valence electrons. The molecule has 0 aromatic heterocycles. The summed E-state index contributed by atoms with van der Waals surface area (Å²) in [6, 6.07) is 21.8. The molecule has 3 aromatic rings. The molecule has 0 aliphatic heterocycles. The average molecular weight is 457 g/mol. The third-order valence-corrected chi connectivity index (χ3v) is 5.51. The van der Waals surface area contributed by atoms with Crippen molar-refractivity contribution in [3.63, 3.8) is 0 Å². The SMILES string of the molecule is CS(=O)(=O)Cc1ccc(C(=O)Nc2ccc(-c3ccccc3)cc2)cc1NC(=O)CCl. The molecule has 6 nitrogen and oxygen atoms in total. The minimum Gasteiger partial charge on any atom is -0.325 e. The molecule has 0 radical (unpaired) electrons. The van der Waals surface area contributed by atoms with Crippen molar-refractivity contribution in [1.29, 1.82) is 0 Å². The van der Waals surface area contributed by atoms with Gasteiger partial charge in [-0.25, -0.2) is 8.42 Å². The van der Waals surface area contributed by atoms with Gasteiger partial charge in [-0.2, -0.15) is 0 Å². The summed E-state index contributed by atoms with van der Waals surface area (Å²) in [6.45, 7) is 0. The molecular formula is C23H21ClN2O4S. The highest BCUT2D eigenvalue weighted by atomic mass is 35.5. The van der Waals surface area contributed by atoms with Gasteiger partial charge < -0.3 is 10.6 Å². The summed E-state index contributed by atoms with van der Waals surface area (Å²) in [6.07, 6.45) is 1.10. The van der Waals surface area contributed by atoms with Crippen LogP contribution in [-0.2, 0) is 20.4 Å². The summed E-state index contributed by atoms with van der Waals surface area (Å²) < 4.78 is 23.4. The Kier molecular flexibility index (Phi) is 7.09. The van der Waals surface area contributed by atoms with Crippen molar-refractivity contribution in [2.45, 2.75) is 5.75 Å². The van der Waals surface area contributed by atoms with Crippen molar-refractivity contribution in [3.05, 3.63) is 83.9 Å². The highest BCUT2D eigenvalue weighted by molar-refractivity contribution is 7.89. The van der Waals surface area contributed by atoms with E-state index in [1.807, 2.05) is 42.5 Å². The molecular weight excluding hydrogens is 436 g/mol. The van der Waals surface area contributed by atoms with Crippen LogP contribution < -0.4 is 10.6 Å². The Bertz CT molecular complexity index is 1190. The molecule has 0 saturated heterocycles. The smallest absolute Gasteiger partial charge is 0.255 e. The van der Waals surface area contributed by atoms with Crippen LogP contribution in [0.25, 0.3) is 11.1 Å². The zero-order chi connectivity index (χ0) is 22.4. The third kappa shape index (κ3) is 6.41. The summed E-state index contributed by atoms with van der Waals surface area (Å²) in [4.78, 5) is 24.4. The van der Waals surface area contributed by atoms with Crippen LogP contribution in [0, 0.1) is 0 Å². The molecule has 0 heterocycles. The van der Waals surface area contributed by atoms with Gasteiger partial charge in [-0.1, -0.05) is 48.5 Å². The molecule has 0 aliphatic carbocycles. The summed E-state index contributed by atoms with van der Waals surface area (Å²) in [5.41, 5.74) is 3.59. The number of nitrogens with one attached hydrogen (secondary N) is 2. The number of hydrogen-bond acceptors (Lipinski definition) is 4. The van der Waals surface area contributed by atoms with E-state index in [2.05, 4.69) is 10.6 Å². The van der Waals surface area contributed by atoms with Crippen molar-refractivity contribution < 1.29 is 18.0 Å². The molecule has 2 amide bonds. The van der Waals surface area contributed by atoms with Gasteiger partial charge in [0.25, 0.3) is 5.91 Å². The van der Waals surface area contributed by atoms with Crippen molar-refractivity contribution >= 4 is 44.6 Å². The van der Waals surface area contributed by atoms with Gasteiger partial charge in [-0.3, -0.25) is 9.59 Å². The van der Waals surface area contributed by atoms with E-state index in [-0.39, 0.29) is 28.8 Å². The number of hydrogen-bond donors (Lipinski definition) is 2. The Balaban J connectivity index is 1.80. The highest BCUT2D eigenvalue weighted by Crippen LogP contribution is 2.23. The predicted molar refractivity (Wildman–Crippen MR) is 124 cm³/mol. The molecule has 3 rings (SSSR count). The van der Waals surface area contributed by atoms with Gasteiger partial charge in [0.2, 0.25) is 5.91 Å². The fourth-order valence-electron chi connectivity index (χ4n) is 3.01. The second-order valence-corrected chi connectivity index (χ2v) is 9.43. The van der Waals surface area contributed by atoms with Crippen LogP contribution in [0.15, 0.2) is 72.8 Å². The first-order valence-corrected chi connectivity index (χ1v) is 12.0. The maximum Gasteiger partial charge on any atom is 0.255 e. The molecule has 0 saturated carbocycles. The van der Waals surface area contributed by atoms with Gasteiger partial charge in [0.05, 0.1) is 5.75 Å². The fourth-order valence-corrected chi connectivity index (χ4v) is 3.89. The predicted octanol–water partition coefficient (Wildman–Crippen LogP) is 4.33. The first-order valence-electron chi connectivity index (χ1n) is 9.38. The molecule has 8 heteroatoms. The van der Waals surface area contributed by atoms with E-state index in [1.165, 1.54) is 18.2 Å². The number of benzene rings is 3. The lowest BCUT2D eigenvalue weighted by Gasteiger charge is -2.13. The van der Waals surface area contributed by atoms with Crippen molar-refractivity contribution in [2.24, 2.45) is 0 Å². The van der Waals surface area contributed by atoms with Gasteiger partial charge in [-0.05, 0) is 41.0 Å². The van der Waals surface area contributed by atoms with E-state index in [4.69, 9.17) is 11.6 Å². The minimum absolute atomic E-state index is 0.239. The molecule has 0 aliphatic rings. The lowest BCUT2D eigenvalue weighted by atomic mass is 10.1. The zero-order valence-electron chi connectivity index (χ0n) is 16.8. The van der Waals surface area contributed by atoms with Crippen molar-refractivity contribution in [2.75, 3.05) is 22.8 Å². The van der Waals surface area contributed by atoms with Crippen LogP contribution in [0.5, 0.6) is 0 Å². The van der Waals surface area contributed by atoms with Crippen LogP contribution in [0.1, 0.15) is 15.9 Å². The van der Waals surface area contributed by atoms with Gasteiger partial charge in [-0.15, -0.1) is 11.6 Å². The summed E-state index contributed by atoms with van der Waals surface area (Å²) in [5.74, 6) is -1.44. The average Bonchev–Trinajstić information content (AvgIpc) is 2.75. The van der Waals surface area contributed by atoms with Crippen molar-refractivity contribution in [1.82, 2.24) is 0 Å². The number of halogens is 1. The fraction of sp³-hybridized carbons (Fsp3) is 0.130. The van der Waals surface area contributed by atoms with Gasteiger partial charge in [0, 0.05) is 23.2 Å². The molecule has 31 heavy (non-hydrogen) atoms. The van der Waals surface area contributed by atoms with E-state index in [0.717, 1.165) is 17.4 Å². The minimum atomic E-state index is -3.34. The monoisotopic (exact) mass is 456 g/mol. The quantitative estimate of drug-likeness (QED) is 0.517. The van der Waals surface area contributed by atoms with Gasteiger partial charge in [0.1, 0.15) is 5.88 Å². The Morgan fingerprint density at radius 2 is 1.52 bits per heavy atom. The third-order valence-electron chi connectivity index (χ3n) is 4.44. The van der Waals surface area contributed by atoms with E-state index in [1.54, 1.807) is 12.1 Å². The summed E-state index contributed by atoms with van der Waals surface area (Å²) in [5, 5.41) is 5.36. The molecule has 2 N–H and O–H groups in total. The largest absolute Gasteiger partial charge is 0.325 e. The molecule has 0 spiro atoms. The number of alkyl halides is 1. The highest BCUT2D eigenvalue weighted by Gasteiger charge is 2.15. The zero-order valence-corrected chi connectivity index (χ0v) is 18.3. The number of amides is 2. The maximum atomic E-state index is 12.7. The Morgan fingerprint density at radius 3 is 2.13 bits per heavy atom. The van der Waals surface area contributed by atoms with Crippen molar-refractivity contribution in [3.8, 4) is 11.1 Å². The summed E-state index contributed by atoms with van der Waals surface area (Å²) in [7, 11) is -3.34. The van der Waals surface area contributed by atoms with E-state index in [0.29, 0.717) is 11.3 Å². The number of anilines is 2. The van der Waals surface area contributed by atoms with Crippen LogP contribution >= 0.6 is 11.6 Å². The van der Waals surface area contributed by atoms with Crippen LogP contribution in [0.3, 0.4) is 0 Å². The second kappa shape index (κ2) is 9.76. The summed E-state index contributed by atoms with van der Waals surface area (Å²) >= 11 is 5.54.